The van der Waals surface area contributed by atoms with Crippen LogP contribution in [0.15, 0.2) is 40.5 Å². The summed E-state index contributed by atoms with van der Waals surface area (Å²) >= 11 is 0. The van der Waals surface area contributed by atoms with Crippen molar-refractivity contribution in [2.75, 3.05) is 7.05 Å². The zero-order valence-corrected chi connectivity index (χ0v) is 12.3. The zero-order valence-electron chi connectivity index (χ0n) is 12.3. The van der Waals surface area contributed by atoms with E-state index in [1.807, 2.05) is 4.90 Å². The van der Waals surface area contributed by atoms with Gasteiger partial charge in [0.25, 0.3) is 0 Å². The third-order valence-electron chi connectivity index (χ3n) is 4.35. The third-order valence-corrected chi connectivity index (χ3v) is 4.35. The molecule has 0 fully saturated rings. The highest BCUT2D eigenvalue weighted by molar-refractivity contribution is 5.98. The van der Waals surface area contributed by atoms with Crippen LogP contribution in [-0.4, -0.2) is 17.8 Å². The highest BCUT2D eigenvalue weighted by atomic mass is 19.4. The number of halogens is 3. The predicted molar refractivity (Wildman–Crippen MR) is 79.1 cm³/mol. The summed E-state index contributed by atoms with van der Waals surface area (Å²) in [4.78, 5) is 6.20. The van der Waals surface area contributed by atoms with Gasteiger partial charge in [0.15, 0.2) is 0 Å². The highest BCUT2D eigenvalue weighted by Crippen LogP contribution is 2.41. The van der Waals surface area contributed by atoms with Crippen molar-refractivity contribution in [3.05, 3.63) is 46.7 Å². The second kappa shape index (κ2) is 5.34. The lowest BCUT2D eigenvalue weighted by Gasteiger charge is -2.38. The molecule has 1 heterocycles. The molecule has 2 aliphatic rings. The van der Waals surface area contributed by atoms with Crippen LogP contribution in [0, 0.1) is 0 Å². The van der Waals surface area contributed by atoms with Gasteiger partial charge in [-0.15, -0.1) is 0 Å². The maximum Gasteiger partial charge on any atom is 0.416 e. The largest absolute Gasteiger partial charge is 0.416 e. The fraction of sp³-hybridized carbons (Fsp3) is 0.438. The van der Waals surface area contributed by atoms with Gasteiger partial charge < -0.3 is 10.6 Å². The van der Waals surface area contributed by atoms with Gasteiger partial charge in [-0.2, -0.15) is 13.2 Å². The number of hydrogen-bond donors (Lipinski definition) is 1. The Bertz CT molecular complexity index is 646. The molecule has 6 heteroatoms. The normalized spacial score (nSPS) is 22.5. The van der Waals surface area contributed by atoms with Gasteiger partial charge in [0.2, 0.25) is 0 Å². The molecule has 0 amide bonds. The molecule has 0 aromatic heterocycles. The second-order valence-corrected chi connectivity index (χ2v) is 5.72. The van der Waals surface area contributed by atoms with Crippen molar-refractivity contribution in [1.82, 2.24) is 4.90 Å². The van der Waals surface area contributed by atoms with Crippen molar-refractivity contribution in [3.63, 3.8) is 0 Å². The molecule has 1 aliphatic carbocycles. The van der Waals surface area contributed by atoms with Crippen molar-refractivity contribution in [1.29, 1.82) is 0 Å². The van der Waals surface area contributed by atoms with Gasteiger partial charge in [-0.25, -0.2) is 4.99 Å². The van der Waals surface area contributed by atoms with Crippen LogP contribution in [0.3, 0.4) is 0 Å². The Morgan fingerprint density at radius 1 is 1.18 bits per heavy atom. The average molecular weight is 309 g/mol. The molecule has 1 unspecified atom stereocenters. The van der Waals surface area contributed by atoms with E-state index >= 15 is 0 Å². The summed E-state index contributed by atoms with van der Waals surface area (Å²) in [6, 6.07) is 5.58. The van der Waals surface area contributed by atoms with E-state index in [4.69, 9.17) is 5.73 Å². The first kappa shape index (κ1) is 14.9. The molecule has 0 spiro atoms. The summed E-state index contributed by atoms with van der Waals surface area (Å²) in [5, 5.41) is 0. The summed E-state index contributed by atoms with van der Waals surface area (Å²) < 4.78 is 39.8. The molecule has 3 rings (SSSR count). The summed E-state index contributed by atoms with van der Waals surface area (Å²) in [6.07, 6.45) is -1.34. The highest BCUT2D eigenvalue weighted by Gasteiger charge is 2.38. The molecule has 0 bridgehead atoms. The molecule has 1 aliphatic heterocycles. The molecule has 3 nitrogen and oxygen atoms in total. The number of nitrogens with zero attached hydrogens (tertiary/aromatic N) is 2. The number of rotatable bonds is 1. The molecule has 1 aromatic rings. The van der Waals surface area contributed by atoms with Gasteiger partial charge in [-0.3, -0.25) is 0 Å². The fourth-order valence-electron chi connectivity index (χ4n) is 3.26. The minimum Gasteiger partial charge on any atom is -0.384 e. The van der Waals surface area contributed by atoms with Gasteiger partial charge >= 0.3 is 6.18 Å². The van der Waals surface area contributed by atoms with E-state index < -0.39 is 17.9 Å². The van der Waals surface area contributed by atoms with E-state index in [9.17, 15) is 13.2 Å². The average Bonchev–Trinajstić information content (AvgIpc) is 2.50. The standard InChI is InChI=1S/C16H18F3N3/c1-22-13-9-5-3-7-11(13)14(20)21-15(22)10-6-2-4-8-12(10)16(17,18)19/h2,4,6,8,15H,3,5,7,9H2,1H3,(H2,20,21). The fourth-order valence-corrected chi connectivity index (χ4v) is 3.26. The predicted octanol–water partition coefficient (Wildman–Crippen LogP) is 3.83. The van der Waals surface area contributed by atoms with Gasteiger partial charge in [0, 0.05) is 23.9 Å². The Morgan fingerprint density at radius 2 is 1.86 bits per heavy atom. The van der Waals surface area contributed by atoms with Gasteiger partial charge in [0.05, 0.1) is 5.56 Å². The smallest absolute Gasteiger partial charge is 0.384 e. The lowest BCUT2D eigenvalue weighted by molar-refractivity contribution is -0.138. The van der Waals surface area contributed by atoms with Crippen LogP contribution in [-0.2, 0) is 6.18 Å². The summed E-state index contributed by atoms with van der Waals surface area (Å²) in [6.45, 7) is 0. The van der Waals surface area contributed by atoms with E-state index in [2.05, 4.69) is 4.99 Å². The first-order valence-corrected chi connectivity index (χ1v) is 7.34. The molecule has 22 heavy (non-hydrogen) atoms. The van der Waals surface area contributed by atoms with Crippen molar-refractivity contribution >= 4 is 5.84 Å². The van der Waals surface area contributed by atoms with Gasteiger partial charge in [-0.1, -0.05) is 18.2 Å². The lowest BCUT2D eigenvalue weighted by Crippen LogP contribution is -2.36. The lowest BCUT2D eigenvalue weighted by atomic mass is 9.92. The molecule has 1 atom stereocenters. The van der Waals surface area contributed by atoms with Crippen LogP contribution >= 0.6 is 0 Å². The molecular weight excluding hydrogens is 291 g/mol. The second-order valence-electron chi connectivity index (χ2n) is 5.72. The first-order valence-electron chi connectivity index (χ1n) is 7.34. The number of hydrogen-bond acceptors (Lipinski definition) is 3. The maximum atomic E-state index is 13.3. The molecule has 2 N–H and O–H groups in total. The van der Waals surface area contributed by atoms with E-state index in [0.717, 1.165) is 43.0 Å². The Balaban J connectivity index is 2.06. The van der Waals surface area contributed by atoms with Crippen molar-refractivity contribution < 1.29 is 13.2 Å². The van der Waals surface area contributed by atoms with E-state index in [1.165, 1.54) is 12.1 Å². The topological polar surface area (TPSA) is 41.6 Å². The van der Waals surface area contributed by atoms with E-state index in [-0.39, 0.29) is 5.56 Å². The molecular formula is C16H18F3N3. The number of nitrogens with two attached hydrogens (primary N) is 1. The van der Waals surface area contributed by atoms with Crippen molar-refractivity contribution in [2.45, 2.75) is 38.0 Å². The molecule has 0 saturated carbocycles. The quantitative estimate of drug-likeness (QED) is 0.856. The molecule has 0 radical (unpaired) electrons. The van der Waals surface area contributed by atoms with Crippen molar-refractivity contribution in [3.8, 4) is 0 Å². The number of aliphatic imine (C=N–C) groups is 1. The van der Waals surface area contributed by atoms with Gasteiger partial charge in [0.1, 0.15) is 12.0 Å². The monoisotopic (exact) mass is 309 g/mol. The SMILES string of the molecule is CN1C2=C(CCCC2)C(N)=NC1c1ccccc1C(F)(F)F. The molecule has 1 aromatic carbocycles. The Hall–Kier alpha value is -1.98. The Kier molecular flexibility index (Phi) is 3.62. The Morgan fingerprint density at radius 3 is 2.59 bits per heavy atom. The molecule has 118 valence electrons. The summed E-state index contributed by atoms with van der Waals surface area (Å²) in [5.41, 5.74) is 7.55. The van der Waals surface area contributed by atoms with Crippen LogP contribution in [0.2, 0.25) is 0 Å². The molecule has 0 saturated heterocycles. The summed E-state index contributed by atoms with van der Waals surface area (Å²) in [5.74, 6) is 0.384. The first-order chi connectivity index (χ1) is 10.4. The maximum absolute atomic E-state index is 13.3. The van der Waals surface area contributed by atoms with Crippen molar-refractivity contribution in [2.24, 2.45) is 10.7 Å². The van der Waals surface area contributed by atoms with E-state index in [0.29, 0.717) is 5.84 Å². The number of allylic oxidation sites excluding steroid dienone is 1. The minimum atomic E-state index is -4.40. The van der Waals surface area contributed by atoms with Gasteiger partial charge in [-0.05, 0) is 31.7 Å². The van der Waals surface area contributed by atoms with Crippen LogP contribution in [0.5, 0.6) is 0 Å². The third kappa shape index (κ3) is 2.46. The number of alkyl halides is 3. The van der Waals surface area contributed by atoms with Crippen LogP contribution in [0.25, 0.3) is 0 Å². The summed E-state index contributed by atoms with van der Waals surface area (Å²) in [7, 11) is 1.80. The number of benzene rings is 1. The van der Waals surface area contributed by atoms with Crippen LogP contribution in [0.1, 0.15) is 43.0 Å². The Labute approximate surface area is 127 Å². The van der Waals surface area contributed by atoms with E-state index in [1.54, 1.807) is 13.1 Å². The number of amidine groups is 1. The minimum absolute atomic E-state index is 0.151. The van der Waals surface area contributed by atoms with Crippen LogP contribution in [0.4, 0.5) is 13.2 Å². The van der Waals surface area contributed by atoms with Crippen LogP contribution < -0.4 is 5.73 Å². The zero-order chi connectivity index (χ0) is 15.9.